The zero-order valence-corrected chi connectivity index (χ0v) is 40.2. The SMILES string of the molecule is CN1CCC2CN(c3cc(C(C)(C)C)ccn3)c3cc(Oc4cccc(-n5[c](=[Pt])n(-c6c(-c7ccccc7)cc(C(C)(C)C)cc6-c6ccccc6)c6ccccc65)c4)ccc3C2C1. The van der Waals surface area contributed by atoms with Crippen LogP contribution in [0.25, 0.3) is 44.7 Å². The van der Waals surface area contributed by atoms with E-state index in [2.05, 4.69) is 239 Å². The summed E-state index contributed by atoms with van der Waals surface area (Å²) in [6.45, 7) is 16.9. The number of imidazole rings is 1. The number of likely N-dealkylation sites (tertiary alicyclic amines) is 1. The molecule has 64 heavy (non-hydrogen) atoms. The fourth-order valence-corrected chi connectivity index (χ4v) is 10.9. The van der Waals surface area contributed by atoms with E-state index >= 15 is 0 Å². The number of ether oxygens (including phenoxy) is 1. The van der Waals surface area contributed by atoms with Gasteiger partial charge in [-0.3, -0.25) is 0 Å². The van der Waals surface area contributed by atoms with E-state index < -0.39 is 0 Å². The molecule has 0 bridgehead atoms. The number of nitrogens with zero attached hydrogens (tertiary/aromatic N) is 5. The van der Waals surface area contributed by atoms with Gasteiger partial charge in [0.05, 0.1) is 0 Å². The maximum atomic E-state index is 6.89. The minimum absolute atomic E-state index is 0.0236. The van der Waals surface area contributed by atoms with Gasteiger partial charge in [-0.25, -0.2) is 0 Å². The fourth-order valence-electron chi connectivity index (χ4n) is 9.83. The summed E-state index contributed by atoms with van der Waals surface area (Å²) >= 11 is 2.53. The van der Waals surface area contributed by atoms with Crippen molar-refractivity contribution in [3.8, 4) is 45.1 Å². The van der Waals surface area contributed by atoms with Crippen molar-refractivity contribution in [2.75, 3.05) is 31.6 Å². The monoisotopic (exact) mass is 1020 g/mol. The van der Waals surface area contributed by atoms with Crippen molar-refractivity contribution in [1.82, 2.24) is 19.0 Å². The third-order valence-corrected chi connectivity index (χ3v) is 14.4. The van der Waals surface area contributed by atoms with Gasteiger partial charge < -0.3 is 4.90 Å². The van der Waals surface area contributed by atoms with E-state index in [0.29, 0.717) is 11.8 Å². The first kappa shape index (κ1) is 42.2. The van der Waals surface area contributed by atoms with Crippen LogP contribution >= 0.6 is 0 Å². The molecular formula is C57H57N5OPt. The van der Waals surface area contributed by atoms with Gasteiger partial charge in [-0.1, -0.05) is 20.8 Å². The average molecular weight is 1020 g/mol. The molecule has 2 aliphatic heterocycles. The van der Waals surface area contributed by atoms with Crippen LogP contribution in [0.15, 0.2) is 158 Å². The van der Waals surface area contributed by atoms with E-state index in [-0.39, 0.29) is 10.8 Å². The number of piperidine rings is 1. The number of rotatable bonds is 7. The third-order valence-electron chi connectivity index (χ3n) is 13.3. The molecule has 0 saturated carbocycles. The summed E-state index contributed by atoms with van der Waals surface area (Å²) in [5.41, 5.74) is 14.3. The minimum atomic E-state index is -0.0580. The number of fused-ring (bicyclic) bond motifs is 4. The first-order valence-electron chi connectivity index (χ1n) is 22.6. The van der Waals surface area contributed by atoms with E-state index in [1.165, 1.54) is 51.1 Å². The second-order valence-corrected chi connectivity index (χ2v) is 20.8. The quantitative estimate of drug-likeness (QED) is 0.159. The zero-order chi connectivity index (χ0) is 44.3. The third kappa shape index (κ3) is 7.90. The molecule has 4 heterocycles. The molecular weight excluding hydrogens is 966 g/mol. The molecule has 2 atom stereocenters. The number of likely N-dealkylation sites (N-methyl/N-ethyl adjacent to an activating group) is 1. The number of anilines is 2. The van der Waals surface area contributed by atoms with Gasteiger partial charge in [-0.05, 0) is 37.1 Å². The van der Waals surface area contributed by atoms with Crippen molar-refractivity contribution >= 4 is 22.5 Å². The number of hydrogen-bond donors (Lipinski definition) is 0. The van der Waals surface area contributed by atoms with Crippen LogP contribution in [0.3, 0.4) is 0 Å². The van der Waals surface area contributed by atoms with Crippen LogP contribution < -0.4 is 9.64 Å². The molecule has 2 aromatic heterocycles. The fraction of sp³-hybridized carbons (Fsp3) is 0.263. The second kappa shape index (κ2) is 16.6. The maximum absolute atomic E-state index is 6.89. The second-order valence-electron chi connectivity index (χ2n) is 19.8. The molecule has 8 aromatic rings. The predicted octanol–water partition coefficient (Wildman–Crippen LogP) is 13.8. The Morgan fingerprint density at radius 1 is 0.609 bits per heavy atom. The first-order chi connectivity index (χ1) is 30.8. The Morgan fingerprint density at radius 2 is 1.23 bits per heavy atom. The van der Waals surface area contributed by atoms with Crippen molar-refractivity contribution in [2.45, 2.75) is 64.7 Å². The summed E-state index contributed by atoms with van der Waals surface area (Å²) in [6.07, 6.45) is 3.15. The van der Waals surface area contributed by atoms with E-state index in [9.17, 15) is 0 Å². The topological polar surface area (TPSA) is 38.5 Å². The summed E-state index contributed by atoms with van der Waals surface area (Å²) in [5, 5.41) is 0. The molecule has 326 valence electrons. The van der Waals surface area contributed by atoms with Crippen LogP contribution in [-0.4, -0.2) is 45.7 Å². The van der Waals surface area contributed by atoms with Gasteiger partial charge in [0, 0.05) is 6.20 Å². The molecule has 0 spiro atoms. The Balaban J connectivity index is 1.09. The van der Waals surface area contributed by atoms with Crippen LogP contribution in [0, 0.1) is 9.72 Å². The standard InChI is InChI=1S/C57H57N5O.Pt/c1-56(2,3)42-27-29-58-54(33-42)60-36-41-28-30-59(7)37-50(41)47-26-25-46(35-53(47)60)63-45-22-16-21-44(34-45)61-38-62(52-24-15-14-23-51(52)61)55-48(39-17-10-8-11-18-39)31-43(57(4,5)6)32-49(55)40-19-12-9-13-20-40;/h8-27,29,31-35,41,50H,28,30,36-37H2,1-7H3;. The average Bonchev–Trinajstić information content (AvgIpc) is 3.59. The molecule has 0 radical (unpaired) electrons. The Hall–Kier alpha value is -5.81. The molecule has 0 amide bonds. The summed E-state index contributed by atoms with van der Waals surface area (Å²) < 4.78 is 12.8. The normalized spacial score (nSPS) is 16.7. The van der Waals surface area contributed by atoms with Gasteiger partial charge in [0.2, 0.25) is 0 Å². The first-order valence-corrected chi connectivity index (χ1v) is 23.8. The van der Waals surface area contributed by atoms with Crippen LogP contribution in [0.5, 0.6) is 11.5 Å². The Morgan fingerprint density at radius 3 is 1.89 bits per heavy atom. The molecule has 0 N–H and O–H groups in total. The Kier molecular flexibility index (Phi) is 11.0. The number of aromatic nitrogens is 3. The van der Waals surface area contributed by atoms with Crippen molar-refractivity contribution in [3.05, 3.63) is 178 Å². The van der Waals surface area contributed by atoms with Gasteiger partial charge in [-0.15, -0.1) is 0 Å². The number of hydrogen-bond acceptors (Lipinski definition) is 4. The van der Waals surface area contributed by atoms with Gasteiger partial charge >= 0.3 is 322 Å². The van der Waals surface area contributed by atoms with E-state index in [4.69, 9.17) is 9.72 Å². The molecule has 7 heteroatoms. The van der Waals surface area contributed by atoms with Crippen molar-refractivity contribution in [2.24, 2.45) is 5.92 Å². The molecule has 2 aliphatic rings. The number of para-hydroxylation sites is 2. The predicted molar refractivity (Wildman–Crippen MR) is 260 cm³/mol. The Bertz CT molecular complexity index is 3000. The van der Waals surface area contributed by atoms with Crippen molar-refractivity contribution < 1.29 is 24.1 Å². The van der Waals surface area contributed by atoms with Crippen LogP contribution in [-0.2, 0) is 30.2 Å². The van der Waals surface area contributed by atoms with Crippen molar-refractivity contribution in [3.63, 3.8) is 0 Å². The van der Waals surface area contributed by atoms with Gasteiger partial charge in [0.1, 0.15) is 0 Å². The van der Waals surface area contributed by atoms with Gasteiger partial charge in [-0.2, -0.15) is 0 Å². The van der Waals surface area contributed by atoms with Crippen LogP contribution in [0.2, 0.25) is 0 Å². The van der Waals surface area contributed by atoms with Gasteiger partial charge in [0.15, 0.2) is 0 Å². The van der Waals surface area contributed by atoms with Gasteiger partial charge in [0.25, 0.3) is 0 Å². The summed E-state index contributed by atoms with van der Waals surface area (Å²) in [6, 6.07) is 55.0. The summed E-state index contributed by atoms with van der Waals surface area (Å²) in [7, 11) is 2.25. The molecule has 1 fully saturated rings. The Labute approximate surface area is 389 Å². The van der Waals surface area contributed by atoms with Crippen LogP contribution in [0.1, 0.15) is 70.6 Å². The van der Waals surface area contributed by atoms with Crippen molar-refractivity contribution in [1.29, 1.82) is 0 Å². The van der Waals surface area contributed by atoms with E-state index in [1.807, 2.05) is 6.20 Å². The summed E-state index contributed by atoms with van der Waals surface area (Å²) in [4.78, 5) is 9.91. The van der Waals surface area contributed by atoms with Crippen LogP contribution in [0.4, 0.5) is 11.5 Å². The zero-order valence-electron chi connectivity index (χ0n) is 38.0. The number of pyridine rings is 1. The van der Waals surface area contributed by atoms with E-state index in [1.54, 1.807) is 0 Å². The summed E-state index contributed by atoms with van der Waals surface area (Å²) in [5.74, 6) is 3.65. The molecule has 6 nitrogen and oxygen atoms in total. The molecule has 0 aliphatic carbocycles. The molecule has 10 rings (SSSR count). The molecule has 6 aromatic carbocycles. The molecule has 1 saturated heterocycles. The molecule has 2 unspecified atom stereocenters. The number of benzene rings is 6. The van der Waals surface area contributed by atoms with E-state index in [0.717, 1.165) is 63.2 Å².